The molecule has 0 fully saturated rings. The zero-order chi connectivity index (χ0) is 23.1. The summed E-state index contributed by atoms with van der Waals surface area (Å²) in [5.41, 5.74) is 3.47. The highest BCUT2D eigenvalue weighted by Gasteiger charge is 2.10. The van der Waals surface area contributed by atoms with Gasteiger partial charge in [0.1, 0.15) is 11.5 Å². The molecular formula is C25H29N3O4. The summed E-state index contributed by atoms with van der Waals surface area (Å²) < 4.78 is 11.9. The molecule has 0 atom stereocenters. The summed E-state index contributed by atoms with van der Waals surface area (Å²) in [7, 11) is 3.16. The number of hydrogen-bond acceptors (Lipinski definition) is 5. The number of benzene rings is 2. The van der Waals surface area contributed by atoms with E-state index in [2.05, 4.69) is 36.4 Å². The van der Waals surface area contributed by atoms with Gasteiger partial charge in [-0.3, -0.25) is 9.59 Å². The Bertz CT molecular complexity index is 1120. The van der Waals surface area contributed by atoms with Crippen LogP contribution < -0.4 is 20.3 Å². The number of carbonyl (C=O) groups excluding carboxylic acids is 1. The molecule has 3 aromatic rings. The van der Waals surface area contributed by atoms with E-state index in [4.69, 9.17) is 9.47 Å². The number of carbonyl (C=O) groups is 1. The molecule has 0 bridgehead atoms. The molecule has 0 aliphatic carbocycles. The minimum Gasteiger partial charge on any atom is -0.497 e. The summed E-state index contributed by atoms with van der Waals surface area (Å²) in [5, 5.41) is 7.31. The average molecular weight is 436 g/mol. The Labute approximate surface area is 188 Å². The number of nitrogens with one attached hydrogen (secondary N) is 1. The molecule has 0 saturated heterocycles. The third kappa shape index (κ3) is 5.75. The van der Waals surface area contributed by atoms with Crippen LogP contribution in [0, 0.1) is 0 Å². The lowest BCUT2D eigenvalue weighted by Crippen LogP contribution is -2.28. The van der Waals surface area contributed by atoms with Gasteiger partial charge < -0.3 is 14.8 Å². The lowest BCUT2D eigenvalue weighted by Gasteiger charge is -2.12. The van der Waals surface area contributed by atoms with Gasteiger partial charge in [-0.25, -0.2) is 4.68 Å². The SMILES string of the molecule is COc1ccc(CNC(=O)CCn2nc(-c3ccc(C(C)C)cc3)ccc2=O)c(OC)c1. The van der Waals surface area contributed by atoms with Crippen molar-refractivity contribution in [3.63, 3.8) is 0 Å². The molecule has 32 heavy (non-hydrogen) atoms. The molecule has 0 aliphatic rings. The van der Waals surface area contributed by atoms with Gasteiger partial charge in [0, 0.05) is 36.2 Å². The molecule has 1 aromatic heterocycles. The second-order valence-electron chi connectivity index (χ2n) is 7.76. The Kier molecular flexibility index (Phi) is 7.65. The molecule has 0 saturated carbocycles. The standard InChI is InChI=1S/C25H29N3O4/c1-17(2)18-5-7-19(8-6-18)22-11-12-25(30)28(27-22)14-13-24(29)26-16-20-9-10-21(31-3)15-23(20)32-4/h5-12,15,17H,13-14,16H2,1-4H3,(H,26,29). The van der Waals surface area contributed by atoms with Crippen LogP contribution in [0.5, 0.6) is 11.5 Å². The van der Waals surface area contributed by atoms with Crippen LogP contribution in [0.25, 0.3) is 11.3 Å². The molecule has 0 aliphatic heterocycles. The second kappa shape index (κ2) is 10.6. The first-order valence-electron chi connectivity index (χ1n) is 10.6. The van der Waals surface area contributed by atoms with Gasteiger partial charge in [-0.15, -0.1) is 0 Å². The molecule has 168 valence electrons. The lowest BCUT2D eigenvalue weighted by atomic mass is 10.0. The van der Waals surface area contributed by atoms with Crippen molar-refractivity contribution in [3.8, 4) is 22.8 Å². The number of hydrogen-bond donors (Lipinski definition) is 1. The van der Waals surface area contributed by atoms with Gasteiger partial charge >= 0.3 is 0 Å². The van der Waals surface area contributed by atoms with Crippen LogP contribution in [0.1, 0.15) is 37.3 Å². The van der Waals surface area contributed by atoms with Gasteiger partial charge in [0.25, 0.3) is 5.56 Å². The maximum absolute atomic E-state index is 12.4. The van der Waals surface area contributed by atoms with E-state index < -0.39 is 0 Å². The molecule has 0 unspecified atom stereocenters. The van der Waals surface area contributed by atoms with E-state index in [9.17, 15) is 9.59 Å². The minimum atomic E-state index is -0.239. The highest BCUT2D eigenvalue weighted by atomic mass is 16.5. The largest absolute Gasteiger partial charge is 0.497 e. The third-order valence-electron chi connectivity index (χ3n) is 5.26. The third-order valence-corrected chi connectivity index (χ3v) is 5.26. The topological polar surface area (TPSA) is 82.5 Å². The number of aryl methyl sites for hydroxylation is 1. The zero-order valence-corrected chi connectivity index (χ0v) is 18.9. The van der Waals surface area contributed by atoms with Crippen LogP contribution in [0.2, 0.25) is 0 Å². The fourth-order valence-electron chi connectivity index (χ4n) is 3.29. The predicted molar refractivity (Wildman–Crippen MR) is 124 cm³/mol. The number of ether oxygens (including phenoxy) is 2. The summed E-state index contributed by atoms with van der Waals surface area (Å²) in [6.45, 7) is 4.80. The molecular weight excluding hydrogens is 406 g/mol. The van der Waals surface area contributed by atoms with Crippen molar-refractivity contribution in [2.75, 3.05) is 14.2 Å². The fraction of sp³-hybridized carbons (Fsp3) is 0.320. The van der Waals surface area contributed by atoms with Crippen molar-refractivity contribution in [1.29, 1.82) is 0 Å². The number of nitrogens with zero attached hydrogens (tertiary/aromatic N) is 2. The van der Waals surface area contributed by atoms with Crippen LogP contribution in [0.15, 0.2) is 59.4 Å². The lowest BCUT2D eigenvalue weighted by molar-refractivity contribution is -0.121. The highest BCUT2D eigenvalue weighted by Crippen LogP contribution is 2.24. The summed E-state index contributed by atoms with van der Waals surface area (Å²) in [6.07, 6.45) is 0.140. The van der Waals surface area contributed by atoms with E-state index in [1.807, 2.05) is 24.3 Å². The smallest absolute Gasteiger partial charge is 0.266 e. The molecule has 1 heterocycles. The summed E-state index contributed by atoms with van der Waals surface area (Å²) >= 11 is 0. The Morgan fingerprint density at radius 1 is 1.03 bits per heavy atom. The molecule has 2 aromatic carbocycles. The van der Waals surface area contributed by atoms with Crippen LogP contribution in [-0.4, -0.2) is 29.9 Å². The van der Waals surface area contributed by atoms with E-state index >= 15 is 0 Å². The molecule has 7 nitrogen and oxygen atoms in total. The molecule has 7 heteroatoms. The molecule has 1 amide bonds. The van der Waals surface area contributed by atoms with Gasteiger partial charge in [0.15, 0.2) is 0 Å². The van der Waals surface area contributed by atoms with Crippen molar-refractivity contribution in [1.82, 2.24) is 15.1 Å². The first kappa shape index (κ1) is 23.1. The van der Waals surface area contributed by atoms with Crippen molar-refractivity contribution in [2.45, 2.75) is 39.3 Å². The maximum Gasteiger partial charge on any atom is 0.266 e. The fourth-order valence-corrected chi connectivity index (χ4v) is 3.29. The maximum atomic E-state index is 12.4. The Balaban J connectivity index is 1.62. The second-order valence-corrected chi connectivity index (χ2v) is 7.76. The Morgan fingerprint density at radius 3 is 2.44 bits per heavy atom. The predicted octanol–water partition coefficient (Wildman–Crippen LogP) is 3.76. The van der Waals surface area contributed by atoms with Crippen LogP contribution >= 0.6 is 0 Å². The average Bonchev–Trinajstić information content (AvgIpc) is 2.82. The van der Waals surface area contributed by atoms with Crippen LogP contribution in [0.3, 0.4) is 0 Å². The van der Waals surface area contributed by atoms with Crippen molar-refractivity contribution >= 4 is 5.91 Å². The Morgan fingerprint density at radius 2 is 1.78 bits per heavy atom. The molecule has 0 radical (unpaired) electrons. The normalized spacial score (nSPS) is 10.8. The molecule has 1 N–H and O–H groups in total. The zero-order valence-electron chi connectivity index (χ0n) is 18.9. The van der Waals surface area contributed by atoms with E-state index in [0.29, 0.717) is 29.7 Å². The highest BCUT2D eigenvalue weighted by molar-refractivity contribution is 5.75. The Hall–Kier alpha value is -3.61. The number of rotatable bonds is 9. The monoisotopic (exact) mass is 435 g/mol. The summed E-state index contributed by atoms with van der Waals surface area (Å²) in [6, 6.07) is 16.8. The van der Waals surface area contributed by atoms with Gasteiger partial charge in [-0.05, 0) is 29.7 Å². The van der Waals surface area contributed by atoms with Gasteiger partial charge in [-0.2, -0.15) is 5.10 Å². The van der Waals surface area contributed by atoms with Gasteiger partial charge in [0.05, 0.1) is 26.5 Å². The number of aromatic nitrogens is 2. The van der Waals surface area contributed by atoms with E-state index in [0.717, 1.165) is 11.1 Å². The van der Waals surface area contributed by atoms with Crippen LogP contribution in [-0.2, 0) is 17.9 Å². The minimum absolute atomic E-state index is 0.140. The van der Waals surface area contributed by atoms with Gasteiger partial charge in [-0.1, -0.05) is 38.1 Å². The van der Waals surface area contributed by atoms with Crippen molar-refractivity contribution in [3.05, 3.63) is 76.1 Å². The van der Waals surface area contributed by atoms with E-state index in [-0.39, 0.29) is 24.4 Å². The van der Waals surface area contributed by atoms with E-state index in [1.165, 1.54) is 16.3 Å². The first-order chi connectivity index (χ1) is 15.4. The van der Waals surface area contributed by atoms with Gasteiger partial charge in [0.2, 0.25) is 5.91 Å². The first-order valence-corrected chi connectivity index (χ1v) is 10.6. The number of methoxy groups -OCH3 is 2. The van der Waals surface area contributed by atoms with Crippen molar-refractivity contribution < 1.29 is 14.3 Å². The van der Waals surface area contributed by atoms with E-state index in [1.54, 1.807) is 26.4 Å². The quantitative estimate of drug-likeness (QED) is 0.553. The molecule has 0 spiro atoms. The van der Waals surface area contributed by atoms with Crippen molar-refractivity contribution in [2.24, 2.45) is 0 Å². The molecule has 3 rings (SSSR count). The number of amides is 1. The summed E-state index contributed by atoms with van der Waals surface area (Å²) in [4.78, 5) is 24.6. The van der Waals surface area contributed by atoms with Crippen LogP contribution in [0.4, 0.5) is 0 Å². The summed E-state index contributed by atoms with van der Waals surface area (Å²) in [5.74, 6) is 1.59.